The summed E-state index contributed by atoms with van der Waals surface area (Å²) in [6.07, 6.45) is 4.69. The van der Waals surface area contributed by atoms with Crippen molar-refractivity contribution >= 4 is 5.91 Å². The van der Waals surface area contributed by atoms with E-state index in [1.807, 2.05) is 49.9 Å². The number of ether oxygens (including phenoxy) is 2. The molecule has 3 heterocycles. The lowest BCUT2D eigenvalue weighted by atomic mass is 10.1. The maximum absolute atomic E-state index is 12.6. The van der Waals surface area contributed by atoms with E-state index >= 15 is 0 Å². The molecule has 7 heteroatoms. The molecule has 0 spiro atoms. The highest BCUT2D eigenvalue weighted by atomic mass is 16.5. The van der Waals surface area contributed by atoms with E-state index in [-0.39, 0.29) is 18.1 Å². The van der Waals surface area contributed by atoms with Gasteiger partial charge in [-0.05, 0) is 38.5 Å². The lowest BCUT2D eigenvalue weighted by Crippen LogP contribution is -2.50. The number of carbonyl (C=O) groups is 1. The standard InChI is InChI=1S/C19H26N4O3/c1-13(2)6-10-26-18-7-9-25-12-16(18)20-19(24)15-11-14(21-22-15)17-5-4-8-23(17)3/h4-6,8,11,16,18H,7,9-10,12H2,1-3H3,(H,20,24)(H,21,22)/t16-,18+/m0/s1. The van der Waals surface area contributed by atoms with Gasteiger partial charge in [0.2, 0.25) is 0 Å². The Morgan fingerprint density at radius 3 is 3.12 bits per heavy atom. The third kappa shape index (κ3) is 4.42. The summed E-state index contributed by atoms with van der Waals surface area (Å²) in [6, 6.07) is 5.48. The van der Waals surface area contributed by atoms with E-state index in [4.69, 9.17) is 9.47 Å². The van der Waals surface area contributed by atoms with Crippen LogP contribution < -0.4 is 5.32 Å². The molecule has 0 bridgehead atoms. The minimum Gasteiger partial charge on any atom is -0.379 e. The summed E-state index contributed by atoms with van der Waals surface area (Å²) in [5, 5.41) is 10.1. The van der Waals surface area contributed by atoms with Crippen molar-refractivity contribution in [3.05, 3.63) is 41.7 Å². The van der Waals surface area contributed by atoms with E-state index in [1.165, 1.54) is 5.57 Å². The lowest BCUT2D eigenvalue weighted by molar-refractivity contribution is -0.0457. The fraction of sp³-hybridized carbons (Fsp3) is 0.474. The van der Waals surface area contributed by atoms with Crippen molar-refractivity contribution < 1.29 is 14.3 Å². The zero-order valence-electron chi connectivity index (χ0n) is 15.5. The maximum atomic E-state index is 12.6. The first-order chi connectivity index (χ1) is 12.5. The molecule has 0 radical (unpaired) electrons. The molecule has 1 amide bonds. The molecule has 26 heavy (non-hydrogen) atoms. The highest BCUT2D eigenvalue weighted by Crippen LogP contribution is 2.18. The van der Waals surface area contributed by atoms with E-state index in [1.54, 1.807) is 6.07 Å². The summed E-state index contributed by atoms with van der Waals surface area (Å²) in [5.41, 5.74) is 3.32. The number of aryl methyl sites for hydroxylation is 1. The molecule has 2 aromatic rings. The number of rotatable bonds is 6. The number of aromatic amines is 1. The van der Waals surface area contributed by atoms with Gasteiger partial charge < -0.3 is 19.4 Å². The molecule has 0 aliphatic carbocycles. The molecule has 1 aliphatic rings. The van der Waals surface area contributed by atoms with E-state index < -0.39 is 0 Å². The lowest BCUT2D eigenvalue weighted by Gasteiger charge is -2.31. The summed E-state index contributed by atoms with van der Waals surface area (Å²) in [6.45, 7) is 5.71. The first kappa shape index (κ1) is 18.4. The summed E-state index contributed by atoms with van der Waals surface area (Å²) in [5.74, 6) is -0.204. The van der Waals surface area contributed by atoms with Gasteiger partial charge >= 0.3 is 0 Å². The predicted molar refractivity (Wildman–Crippen MR) is 98.9 cm³/mol. The van der Waals surface area contributed by atoms with Gasteiger partial charge in [0.05, 0.1) is 31.1 Å². The van der Waals surface area contributed by atoms with Gasteiger partial charge in [-0.1, -0.05) is 11.6 Å². The molecule has 3 rings (SSSR count). The second-order valence-electron chi connectivity index (χ2n) is 6.77. The molecule has 0 unspecified atom stereocenters. The van der Waals surface area contributed by atoms with Gasteiger partial charge in [0.25, 0.3) is 5.91 Å². The topological polar surface area (TPSA) is 81.2 Å². The Hall–Kier alpha value is -2.38. The molecular weight excluding hydrogens is 332 g/mol. The van der Waals surface area contributed by atoms with Gasteiger partial charge in [0.1, 0.15) is 11.4 Å². The van der Waals surface area contributed by atoms with Gasteiger partial charge in [-0.25, -0.2) is 0 Å². The summed E-state index contributed by atoms with van der Waals surface area (Å²) in [7, 11) is 1.94. The predicted octanol–water partition coefficient (Wildman–Crippen LogP) is 2.29. The van der Waals surface area contributed by atoms with Crippen molar-refractivity contribution in [1.82, 2.24) is 20.1 Å². The molecule has 2 N–H and O–H groups in total. The number of aromatic nitrogens is 3. The number of hydrogen-bond acceptors (Lipinski definition) is 4. The van der Waals surface area contributed by atoms with Crippen LogP contribution in [0.1, 0.15) is 30.8 Å². The smallest absolute Gasteiger partial charge is 0.269 e. The van der Waals surface area contributed by atoms with Crippen molar-refractivity contribution in [1.29, 1.82) is 0 Å². The Labute approximate surface area is 153 Å². The van der Waals surface area contributed by atoms with Crippen LogP contribution in [-0.4, -0.2) is 52.6 Å². The van der Waals surface area contributed by atoms with Crippen molar-refractivity contribution in [2.24, 2.45) is 7.05 Å². The summed E-state index contributed by atoms with van der Waals surface area (Å²) >= 11 is 0. The Morgan fingerprint density at radius 1 is 1.54 bits per heavy atom. The van der Waals surface area contributed by atoms with Crippen LogP contribution in [-0.2, 0) is 16.5 Å². The number of allylic oxidation sites excluding steroid dienone is 1. The minimum absolute atomic E-state index is 0.0569. The molecule has 1 aliphatic heterocycles. The van der Waals surface area contributed by atoms with E-state index in [2.05, 4.69) is 15.5 Å². The van der Waals surface area contributed by atoms with Crippen LogP contribution in [0.5, 0.6) is 0 Å². The first-order valence-corrected chi connectivity index (χ1v) is 8.85. The van der Waals surface area contributed by atoms with E-state index in [0.29, 0.717) is 25.5 Å². The zero-order valence-corrected chi connectivity index (χ0v) is 15.5. The minimum atomic E-state index is -0.204. The quantitative estimate of drug-likeness (QED) is 0.777. The number of amides is 1. The average Bonchev–Trinajstić information content (AvgIpc) is 3.24. The van der Waals surface area contributed by atoms with Crippen molar-refractivity contribution in [2.45, 2.75) is 32.4 Å². The van der Waals surface area contributed by atoms with Gasteiger partial charge in [-0.15, -0.1) is 0 Å². The van der Waals surface area contributed by atoms with Gasteiger partial charge in [-0.3, -0.25) is 9.89 Å². The number of H-pyrrole nitrogens is 1. The largest absolute Gasteiger partial charge is 0.379 e. The Balaban J connectivity index is 1.63. The van der Waals surface area contributed by atoms with Crippen LogP contribution in [0.25, 0.3) is 11.4 Å². The average molecular weight is 358 g/mol. The maximum Gasteiger partial charge on any atom is 0.269 e. The second-order valence-corrected chi connectivity index (χ2v) is 6.77. The molecule has 7 nitrogen and oxygen atoms in total. The van der Waals surface area contributed by atoms with Crippen molar-refractivity contribution in [3.63, 3.8) is 0 Å². The van der Waals surface area contributed by atoms with Crippen LogP contribution in [0.15, 0.2) is 36.0 Å². The van der Waals surface area contributed by atoms with Crippen LogP contribution in [0.2, 0.25) is 0 Å². The van der Waals surface area contributed by atoms with Gasteiger partial charge in [-0.2, -0.15) is 5.10 Å². The van der Waals surface area contributed by atoms with Crippen molar-refractivity contribution in [3.8, 4) is 11.4 Å². The summed E-state index contributed by atoms with van der Waals surface area (Å²) in [4.78, 5) is 12.6. The Bertz CT molecular complexity index is 773. The molecule has 0 saturated carbocycles. The fourth-order valence-electron chi connectivity index (χ4n) is 2.93. The van der Waals surface area contributed by atoms with E-state index in [0.717, 1.165) is 17.8 Å². The number of nitrogens with zero attached hydrogens (tertiary/aromatic N) is 2. The van der Waals surface area contributed by atoms with Crippen LogP contribution in [0.4, 0.5) is 0 Å². The molecule has 0 aromatic carbocycles. The van der Waals surface area contributed by atoms with Crippen LogP contribution in [0.3, 0.4) is 0 Å². The van der Waals surface area contributed by atoms with Gasteiger partial charge in [0, 0.05) is 19.9 Å². The van der Waals surface area contributed by atoms with Crippen LogP contribution >= 0.6 is 0 Å². The van der Waals surface area contributed by atoms with Gasteiger partial charge in [0.15, 0.2) is 0 Å². The van der Waals surface area contributed by atoms with Crippen molar-refractivity contribution in [2.75, 3.05) is 19.8 Å². The first-order valence-electron chi connectivity index (χ1n) is 8.85. The molecule has 2 atom stereocenters. The third-order valence-corrected chi connectivity index (χ3v) is 4.44. The summed E-state index contributed by atoms with van der Waals surface area (Å²) < 4.78 is 13.4. The Kier molecular flexibility index (Phi) is 5.90. The highest BCUT2D eigenvalue weighted by Gasteiger charge is 2.28. The highest BCUT2D eigenvalue weighted by molar-refractivity contribution is 5.93. The zero-order chi connectivity index (χ0) is 18.5. The molecular formula is C19H26N4O3. The van der Waals surface area contributed by atoms with Crippen LogP contribution in [0, 0.1) is 0 Å². The fourth-order valence-corrected chi connectivity index (χ4v) is 2.93. The molecule has 140 valence electrons. The van der Waals surface area contributed by atoms with E-state index in [9.17, 15) is 4.79 Å². The third-order valence-electron chi connectivity index (χ3n) is 4.44. The number of nitrogens with one attached hydrogen (secondary N) is 2. The monoisotopic (exact) mass is 358 g/mol. The normalized spacial score (nSPS) is 20.0. The molecule has 1 saturated heterocycles. The second kappa shape index (κ2) is 8.33. The Morgan fingerprint density at radius 2 is 2.38 bits per heavy atom. The SMILES string of the molecule is CC(C)=CCO[C@@H]1CCOC[C@@H]1NC(=O)c1cc(-c2cccn2C)n[nH]1. The molecule has 2 aromatic heterocycles. The molecule has 1 fully saturated rings. The number of hydrogen-bond donors (Lipinski definition) is 2. The number of carbonyl (C=O) groups excluding carboxylic acids is 1.